The van der Waals surface area contributed by atoms with Crippen LogP contribution in [-0.4, -0.2) is 8.42 Å². The van der Waals surface area contributed by atoms with Crippen LogP contribution in [0.2, 0.25) is 0 Å². The largest absolute Gasteiger partial charge is 0.279 e. The van der Waals surface area contributed by atoms with Crippen LogP contribution in [-0.2, 0) is 16.4 Å². The number of halogens is 1. The molecule has 112 valence electrons. The van der Waals surface area contributed by atoms with Crippen molar-refractivity contribution in [2.24, 2.45) is 0 Å². The highest BCUT2D eigenvalue weighted by Gasteiger charge is 2.15. The second-order valence-electron chi connectivity index (χ2n) is 4.82. The number of aryl methyl sites for hydroxylation is 1. The van der Waals surface area contributed by atoms with Gasteiger partial charge in [0.05, 0.1) is 10.6 Å². The van der Waals surface area contributed by atoms with Gasteiger partial charge in [0.1, 0.15) is 5.82 Å². The molecule has 0 atom stereocenters. The zero-order valence-corrected chi connectivity index (χ0v) is 12.7. The predicted octanol–water partition coefficient (Wildman–Crippen LogP) is 3.97. The molecule has 5 heteroatoms. The minimum Gasteiger partial charge on any atom is -0.279 e. The highest BCUT2D eigenvalue weighted by atomic mass is 32.2. The first-order valence-corrected chi connectivity index (χ1v) is 8.37. The average Bonchev–Trinajstić information content (AvgIpc) is 2.46. The van der Waals surface area contributed by atoms with Gasteiger partial charge in [0.2, 0.25) is 0 Å². The van der Waals surface area contributed by atoms with Gasteiger partial charge in [-0.2, -0.15) is 0 Å². The van der Waals surface area contributed by atoms with Crippen LogP contribution in [0.15, 0.2) is 53.4 Å². The van der Waals surface area contributed by atoms with E-state index in [9.17, 15) is 12.8 Å². The van der Waals surface area contributed by atoms with Gasteiger partial charge in [-0.15, -0.1) is 0 Å². The Morgan fingerprint density at radius 1 is 1.05 bits per heavy atom. The molecule has 2 rings (SSSR count). The van der Waals surface area contributed by atoms with E-state index in [0.29, 0.717) is 5.69 Å². The van der Waals surface area contributed by atoms with E-state index in [4.69, 9.17) is 0 Å². The van der Waals surface area contributed by atoms with Gasteiger partial charge in [-0.25, -0.2) is 12.8 Å². The fourth-order valence-corrected chi connectivity index (χ4v) is 3.12. The highest BCUT2D eigenvalue weighted by Crippen LogP contribution is 2.21. The van der Waals surface area contributed by atoms with Gasteiger partial charge >= 0.3 is 0 Å². The van der Waals surface area contributed by atoms with Crippen LogP contribution < -0.4 is 4.72 Å². The molecule has 0 unspecified atom stereocenters. The second-order valence-corrected chi connectivity index (χ2v) is 6.50. The third-order valence-corrected chi connectivity index (χ3v) is 4.57. The Morgan fingerprint density at radius 2 is 1.71 bits per heavy atom. The number of anilines is 1. The Bertz CT molecular complexity index is 696. The molecule has 0 radical (unpaired) electrons. The first-order valence-electron chi connectivity index (χ1n) is 6.89. The number of rotatable bonds is 6. The van der Waals surface area contributed by atoms with E-state index < -0.39 is 15.8 Å². The number of hydrogen-bond acceptors (Lipinski definition) is 2. The first-order chi connectivity index (χ1) is 10.0. The summed E-state index contributed by atoms with van der Waals surface area (Å²) in [6.45, 7) is 2.09. The Kier molecular flexibility index (Phi) is 4.96. The molecule has 0 saturated heterocycles. The molecule has 0 fully saturated rings. The SMILES string of the molecule is CCCCc1ccccc1NS(=O)(=O)c1ccc(F)cc1. The molecule has 0 aliphatic rings. The zero-order valence-electron chi connectivity index (χ0n) is 11.8. The lowest BCUT2D eigenvalue weighted by Gasteiger charge is -2.12. The molecule has 21 heavy (non-hydrogen) atoms. The lowest BCUT2D eigenvalue weighted by atomic mass is 10.1. The van der Waals surface area contributed by atoms with E-state index >= 15 is 0 Å². The van der Waals surface area contributed by atoms with E-state index in [1.54, 1.807) is 12.1 Å². The summed E-state index contributed by atoms with van der Waals surface area (Å²) in [7, 11) is -3.69. The van der Waals surface area contributed by atoms with Gasteiger partial charge in [0, 0.05) is 0 Å². The summed E-state index contributed by atoms with van der Waals surface area (Å²) in [6, 6.07) is 12.1. The topological polar surface area (TPSA) is 46.2 Å². The van der Waals surface area contributed by atoms with Crippen LogP contribution in [0.3, 0.4) is 0 Å². The molecule has 3 nitrogen and oxygen atoms in total. The molecule has 0 spiro atoms. The summed E-state index contributed by atoms with van der Waals surface area (Å²) >= 11 is 0. The van der Waals surface area contributed by atoms with Crippen LogP contribution in [0.5, 0.6) is 0 Å². The van der Waals surface area contributed by atoms with E-state index in [-0.39, 0.29) is 4.90 Å². The molecule has 0 aliphatic heterocycles. The van der Waals surface area contributed by atoms with Crippen molar-refractivity contribution in [2.45, 2.75) is 31.1 Å². The van der Waals surface area contributed by atoms with Crippen molar-refractivity contribution in [3.05, 3.63) is 59.9 Å². The normalized spacial score (nSPS) is 11.3. The molecule has 0 aromatic heterocycles. The molecular formula is C16H18FNO2S. The number of sulfonamides is 1. The van der Waals surface area contributed by atoms with Crippen molar-refractivity contribution in [2.75, 3.05) is 4.72 Å². The Hall–Kier alpha value is -1.88. The summed E-state index contributed by atoms with van der Waals surface area (Å²) in [5.41, 5.74) is 1.54. The van der Waals surface area contributed by atoms with Crippen LogP contribution in [0.25, 0.3) is 0 Å². The summed E-state index contributed by atoms with van der Waals surface area (Å²) < 4.78 is 40.1. The molecule has 2 aromatic rings. The second kappa shape index (κ2) is 6.72. The number of unbranched alkanes of at least 4 members (excludes halogenated alkanes) is 1. The summed E-state index contributed by atoms with van der Waals surface area (Å²) in [4.78, 5) is 0.0502. The molecule has 0 amide bonds. The van der Waals surface area contributed by atoms with Gasteiger partial charge in [-0.1, -0.05) is 31.5 Å². The first kappa shape index (κ1) is 15.5. The van der Waals surface area contributed by atoms with Crippen LogP contribution >= 0.6 is 0 Å². The molecule has 1 N–H and O–H groups in total. The maximum absolute atomic E-state index is 12.9. The van der Waals surface area contributed by atoms with Gasteiger partial charge in [-0.05, 0) is 48.7 Å². The van der Waals surface area contributed by atoms with Crippen molar-refractivity contribution in [1.29, 1.82) is 0 Å². The van der Waals surface area contributed by atoms with Crippen molar-refractivity contribution in [3.8, 4) is 0 Å². The van der Waals surface area contributed by atoms with Gasteiger partial charge < -0.3 is 0 Å². The molecule has 0 bridgehead atoms. The Morgan fingerprint density at radius 3 is 2.38 bits per heavy atom. The monoisotopic (exact) mass is 307 g/mol. The van der Waals surface area contributed by atoms with E-state index in [1.165, 1.54) is 12.1 Å². The molecule has 0 aliphatic carbocycles. The third kappa shape index (κ3) is 4.04. The average molecular weight is 307 g/mol. The van der Waals surface area contributed by atoms with Crippen molar-refractivity contribution in [1.82, 2.24) is 0 Å². The fraction of sp³-hybridized carbons (Fsp3) is 0.250. The quantitative estimate of drug-likeness (QED) is 0.877. The molecular weight excluding hydrogens is 289 g/mol. The van der Waals surface area contributed by atoms with Crippen molar-refractivity contribution >= 4 is 15.7 Å². The van der Waals surface area contributed by atoms with E-state index in [0.717, 1.165) is 37.0 Å². The number of nitrogens with one attached hydrogen (secondary N) is 1. The van der Waals surface area contributed by atoms with Crippen molar-refractivity contribution in [3.63, 3.8) is 0 Å². The van der Waals surface area contributed by atoms with Gasteiger partial charge in [0.15, 0.2) is 0 Å². The molecule has 0 heterocycles. The minimum atomic E-state index is -3.69. The molecule has 2 aromatic carbocycles. The van der Waals surface area contributed by atoms with Crippen LogP contribution in [0.4, 0.5) is 10.1 Å². The lowest BCUT2D eigenvalue weighted by molar-refractivity contribution is 0.599. The summed E-state index contributed by atoms with van der Waals surface area (Å²) in [6.07, 6.45) is 2.85. The lowest BCUT2D eigenvalue weighted by Crippen LogP contribution is -2.14. The maximum atomic E-state index is 12.9. The predicted molar refractivity (Wildman–Crippen MR) is 82.3 cm³/mol. The zero-order chi connectivity index (χ0) is 15.3. The highest BCUT2D eigenvalue weighted by molar-refractivity contribution is 7.92. The smallest absolute Gasteiger partial charge is 0.261 e. The maximum Gasteiger partial charge on any atom is 0.261 e. The van der Waals surface area contributed by atoms with E-state index in [2.05, 4.69) is 11.6 Å². The van der Waals surface area contributed by atoms with Crippen LogP contribution in [0, 0.1) is 5.82 Å². The Balaban J connectivity index is 2.26. The third-order valence-electron chi connectivity index (χ3n) is 3.19. The standard InChI is InChI=1S/C16H18FNO2S/c1-2-3-6-13-7-4-5-8-16(13)18-21(19,20)15-11-9-14(17)10-12-15/h4-5,7-12,18H,2-3,6H2,1H3. The van der Waals surface area contributed by atoms with Gasteiger partial charge in [-0.3, -0.25) is 4.72 Å². The Labute approximate surface area is 124 Å². The summed E-state index contributed by atoms with van der Waals surface area (Å²) in [5, 5.41) is 0. The number of hydrogen-bond donors (Lipinski definition) is 1. The van der Waals surface area contributed by atoms with E-state index in [1.807, 2.05) is 12.1 Å². The van der Waals surface area contributed by atoms with Crippen LogP contribution in [0.1, 0.15) is 25.3 Å². The molecule has 0 saturated carbocycles. The number of para-hydroxylation sites is 1. The van der Waals surface area contributed by atoms with Crippen molar-refractivity contribution < 1.29 is 12.8 Å². The fourth-order valence-electron chi connectivity index (χ4n) is 2.02. The van der Waals surface area contributed by atoms with Gasteiger partial charge in [0.25, 0.3) is 10.0 Å². The summed E-state index contributed by atoms with van der Waals surface area (Å²) in [5.74, 6) is -0.461. The minimum absolute atomic E-state index is 0.0502. The number of benzene rings is 2.